The second-order valence-electron chi connectivity index (χ2n) is 3.34. The highest BCUT2D eigenvalue weighted by Gasteiger charge is 2.10. The maximum atomic E-state index is 11.4. The summed E-state index contributed by atoms with van der Waals surface area (Å²) < 4.78 is 0. The molecule has 1 amide bonds. The van der Waals surface area contributed by atoms with E-state index in [4.69, 9.17) is 0 Å². The van der Waals surface area contributed by atoms with E-state index in [9.17, 15) is 4.79 Å². The van der Waals surface area contributed by atoms with Crippen LogP contribution in [0.3, 0.4) is 0 Å². The van der Waals surface area contributed by atoms with E-state index in [-0.39, 0.29) is 11.9 Å². The van der Waals surface area contributed by atoms with Gasteiger partial charge in [-0.25, -0.2) is 4.98 Å². The van der Waals surface area contributed by atoms with Crippen LogP contribution in [0.4, 0.5) is 0 Å². The van der Waals surface area contributed by atoms with Crippen LogP contribution in [0.1, 0.15) is 31.3 Å². The molecule has 15 heavy (non-hydrogen) atoms. The van der Waals surface area contributed by atoms with Gasteiger partial charge in [0.1, 0.15) is 5.01 Å². The highest BCUT2D eigenvalue weighted by Crippen LogP contribution is 2.13. The summed E-state index contributed by atoms with van der Waals surface area (Å²) in [4.78, 5) is 15.6. The van der Waals surface area contributed by atoms with E-state index < -0.39 is 0 Å². The molecule has 0 fully saturated rings. The zero-order chi connectivity index (χ0) is 11.1. The Labute approximate surface area is 94.1 Å². The Bertz CT molecular complexity index is 287. The molecule has 1 atom stereocenters. The molecule has 1 rings (SSSR count). The van der Waals surface area contributed by atoms with Crippen LogP contribution in [0.2, 0.25) is 0 Å². The van der Waals surface area contributed by atoms with Crippen molar-refractivity contribution in [2.75, 3.05) is 13.1 Å². The second kappa shape index (κ2) is 6.53. The molecule has 0 aliphatic heterocycles. The fraction of sp³-hybridized carbons (Fsp3) is 0.600. The van der Waals surface area contributed by atoms with E-state index in [0.717, 1.165) is 18.0 Å². The predicted molar refractivity (Wildman–Crippen MR) is 61.8 cm³/mol. The molecule has 0 aliphatic rings. The average Bonchev–Trinajstić information content (AvgIpc) is 2.70. The van der Waals surface area contributed by atoms with Crippen LogP contribution in [0.15, 0.2) is 11.6 Å². The summed E-state index contributed by atoms with van der Waals surface area (Å²) in [5, 5.41) is 8.80. The third kappa shape index (κ3) is 4.40. The van der Waals surface area contributed by atoms with Crippen molar-refractivity contribution in [2.45, 2.75) is 26.3 Å². The smallest absolute Gasteiger partial charge is 0.234 e. The van der Waals surface area contributed by atoms with Gasteiger partial charge in [0, 0.05) is 11.6 Å². The van der Waals surface area contributed by atoms with Crippen molar-refractivity contribution in [3.05, 3.63) is 16.6 Å². The first-order chi connectivity index (χ1) is 7.24. The molecule has 0 saturated carbocycles. The first-order valence-electron chi connectivity index (χ1n) is 5.13. The highest BCUT2D eigenvalue weighted by atomic mass is 32.1. The Morgan fingerprint density at radius 1 is 1.67 bits per heavy atom. The summed E-state index contributed by atoms with van der Waals surface area (Å²) in [7, 11) is 0. The van der Waals surface area contributed by atoms with E-state index in [2.05, 4.69) is 22.5 Å². The SMILES string of the molecule is CCCNCC(=O)NC(C)c1nccs1. The number of hydrogen-bond acceptors (Lipinski definition) is 4. The molecular formula is C10H17N3OS. The number of amides is 1. The maximum absolute atomic E-state index is 11.4. The number of thiazole rings is 1. The molecule has 1 aromatic rings. The molecule has 0 bridgehead atoms. The van der Waals surface area contributed by atoms with Crippen molar-refractivity contribution in [3.8, 4) is 0 Å². The van der Waals surface area contributed by atoms with Gasteiger partial charge in [-0.3, -0.25) is 4.79 Å². The number of carbonyl (C=O) groups is 1. The third-order valence-electron chi connectivity index (χ3n) is 1.91. The number of hydrogen-bond donors (Lipinski definition) is 2. The van der Waals surface area contributed by atoms with Crippen LogP contribution in [0.5, 0.6) is 0 Å². The lowest BCUT2D eigenvalue weighted by Gasteiger charge is -2.11. The minimum Gasteiger partial charge on any atom is -0.346 e. The van der Waals surface area contributed by atoms with Gasteiger partial charge in [0.15, 0.2) is 0 Å². The van der Waals surface area contributed by atoms with Gasteiger partial charge in [-0.1, -0.05) is 6.92 Å². The quantitative estimate of drug-likeness (QED) is 0.721. The number of aromatic nitrogens is 1. The van der Waals surface area contributed by atoms with Crippen molar-refractivity contribution in [2.24, 2.45) is 0 Å². The minimum absolute atomic E-state index is 0.000858. The molecule has 5 heteroatoms. The lowest BCUT2D eigenvalue weighted by Crippen LogP contribution is -2.35. The van der Waals surface area contributed by atoms with E-state index in [0.29, 0.717) is 6.54 Å². The van der Waals surface area contributed by atoms with E-state index in [1.54, 1.807) is 17.5 Å². The van der Waals surface area contributed by atoms with E-state index in [1.807, 2.05) is 12.3 Å². The zero-order valence-corrected chi connectivity index (χ0v) is 9.93. The molecule has 0 aromatic carbocycles. The Hall–Kier alpha value is -0.940. The minimum atomic E-state index is 0.000858. The molecule has 2 N–H and O–H groups in total. The summed E-state index contributed by atoms with van der Waals surface area (Å²) in [6.07, 6.45) is 2.79. The van der Waals surface area contributed by atoms with Gasteiger partial charge in [-0.15, -0.1) is 11.3 Å². The Balaban J connectivity index is 2.26. The Morgan fingerprint density at radius 2 is 2.47 bits per heavy atom. The molecule has 1 aromatic heterocycles. The molecule has 84 valence electrons. The van der Waals surface area contributed by atoms with Crippen molar-refractivity contribution in [1.29, 1.82) is 0 Å². The third-order valence-corrected chi connectivity index (χ3v) is 2.87. The number of rotatable bonds is 6. The molecule has 0 radical (unpaired) electrons. The van der Waals surface area contributed by atoms with Crippen molar-refractivity contribution in [1.82, 2.24) is 15.6 Å². The fourth-order valence-electron chi connectivity index (χ4n) is 1.18. The molecule has 0 saturated heterocycles. The van der Waals surface area contributed by atoms with Gasteiger partial charge in [0.05, 0.1) is 12.6 Å². The average molecular weight is 227 g/mol. The maximum Gasteiger partial charge on any atom is 0.234 e. The van der Waals surface area contributed by atoms with Crippen LogP contribution in [-0.4, -0.2) is 24.0 Å². The standard InChI is InChI=1S/C10H17N3OS/c1-3-4-11-7-9(14)13-8(2)10-12-5-6-15-10/h5-6,8,11H,3-4,7H2,1-2H3,(H,13,14). The molecule has 1 heterocycles. The van der Waals surface area contributed by atoms with E-state index >= 15 is 0 Å². The topological polar surface area (TPSA) is 54.0 Å². The molecule has 0 spiro atoms. The summed E-state index contributed by atoms with van der Waals surface area (Å²) in [6, 6.07) is 0.000858. The summed E-state index contributed by atoms with van der Waals surface area (Å²) in [5.41, 5.74) is 0. The van der Waals surface area contributed by atoms with Crippen LogP contribution in [0.25, 0.3) is 0 Å². The van der Waals surface area contributed by atoms with Gasteiger partial charge in [0.2, 0.25) is 5.91 Å². The van der Waals surface area contributed by atoms with Crippen molar-refractivity contribution < 1.29 is 4.79 Å². The van der Waals surface area contributed by atoms with Gasteiger partial charge in [-0.2, -0.15) is 0 Å². The largest absolute Gasteiger partial charge is 0.346 e. The van der Waals surface area contributed by atoms with Crippen molar-refractivity contribution >= 4 is 17.2 Å². The van der Waals surface area contributed by atoms with Crippen molar-refractivity contribution in [3.63, 3.8) is 0 Å². The molecule has 1 unspecified atom stereocenters. The van der Waals surface area contributed by atoms with Crippen LogP contribution < -0.4 is 10.6 Å². The first kappa shape index (κ1) is 12.1. The highest BCUT2D eigenvalue weighted by molar-refractivity contribution is 7.09. The van der Waals surface area contributed by atoms with Gasteiger partial charge < -0.3 is 10.6 Å². The number of nitrogens with zero attached hydrogens (tertiary/aromatic N) is 1. The fourth-order valence-corrected chi connectivity index (χ4v) is 1.83. The summed E-state index contributed by atoms with van der Waals surface area (Å²) in [6.45, 7) is 5.27. The van der Waals surface area contributed by atoms with E-state index in [1.165, 1.54) is 0 Å². The first-order valence-corrected chi connectivity index (χ1v) is 6.01. The Kier molecular flexibility index (Phi) is 5.28. The Morgan fingerprint density at radius 3 is 3.07 bits per heavy atom. The molecule has 0 aliphatic carbocycles. The van der Waals surface area contributed by atoms with Gasteiger partial charge in [0.25, 0.3) is 0 Å². The monoisotopic (exact) mass is 227 g/mol. The van der Waals surface area contributed by atoms with Crippen LogP contribution in [0, 0.1) is 0 Å². The second-order valence-corrected chi connectivity index (χ2v) is 4.26. The predicted octanol–water partition coefficient (Wildman–Crippen LogP) is 1.32. The summed E-state index contributed by atoms with van der Waals surface area (Å²) >= 11 is 1.56. The normalized spacial score (nSPS) is 12.4. The summed E-state index contributed by atoms with van der Waals surface area (Å²) in [5.74, 6) is 0.0196. The molecule has 4 nitrogen and oxygen atoms in total. The number of nitrogens with one attached hydrogen (secondary N) is 2. The van der Waals surface area contributed by atoms with Gasteiger partial charge in [-0.05, 0) is 19.9 Å². The molecular weight excluding hydrogens is 210 g/mol. The lowest BCUT2D eigenvalue weighted by molar-refractivity contribution is -0.120. The van der Waals surface area contributed by atoms with Gasteiger partial charge >= 0.3 is 0 Å². The number of carbonyl (C=O) groups excluding carboxylic acids is 1. The van der Waals surface area contributed by atoms with Crippen LogP contribution >= 0.6 is 11.3 Å². The lowest BCUT2D eigenvalue weighted by atomic mass is 10.3. The van der Waals surface area contributed by atoms with Crippen LogP contribution in [-0.2, 0) is 4.79 Å². The zero-order valence-electron chi connectivity index (χ0n) is 9.12.